The van der Waals surface area contributed by atoms with Crippen molar-refractivity contribution in [2.24, 2.45) is 4.99 Å². The maximum atomic E-state index is 5.61. The Labute approximate surface area is 145 Å². The molecular weight excluding hydrogens is 306 g/mol. The van der Waals surface area contributed by atoms with Crippen molar-refractivity contribution in [3.63, 3.8) is 0 Å². The summed E-state index contributed by atoms with van der Waals surface area (Å²) in [5.41, 5.74) is 1.24. The first-order chi connectivity index (χ1) is 11.7. The molecule has 0 saturated carbocycles. The molecule has 0 aliphatic heterocycles. The zero-order chi connectivity index (χ0) is 17.6. The van der Waals surface area contributed by atoms with E-state index in [0.29, 0.717) is 13.2 Å². The van der Waals surface area contributed by atoms with Gasteiger partial charge in [-0.1, -0.05) is 6.07 Å². The van der Waals surface area contributed by atoms with Crippen LogP contribution in [0.1, 0.15) is 25.8 Å². The number of aryl methyl sites for hydroxylation is 1. The molecule has 0 amide bonds. The van der Waals surface area contributed by atoms with E-state index >= 15 is 0 Å². The van der Waals surface area contributed by atoms with Gasteiger partial charge in [-0.25, -0.2) is 0 Å². The van der Waals surface area contributed by atoms with Crippen molar-refractivity contribution in [1.82, 2.24) is 10.6 Å². The molecule has 0 aliphatic rings. The Kier molecular flexibility index (Phi) is 10.4. The number of hydrogen-bond donors (Lipinski definition) is 2. The third kappa shape index (κ3) is 7.55. The highest BCUT2D eigenvalue weighted by molar-refractivity contribution is 5.79. The smallest absolute Gasteiger partial charge is 0.191 e. The number of aliphatic imine (C=N–C) groups is 1. The summed E-state index contributed by atoms with van der Waals surface area (Å²) >= 11 is 0. The predicted octanol–water partition coefficient (Wildman–Crippen LogP) is 2.23. The summed E-state index contributed by atoms with van der Waals surface area (Å²) in [5, 5.41) is 6.53. The van der Waals surface area contributed by atoms with Crippen molar-refractivity contribution in [1.29, 1.82) is 0 Å². The highest BCUT2D eigenvalue weighted by atomic mass is 16.5. The first-order valence-corrected chi connectivity index (χ1v) is 8.57. The van der Waals surface area contributed by atoms with Crippen molar-refractivity contribution < 1.29 is 14.2 Å². The van der Waals surface area contributed by atoms with Gasteiger partial charge in [0.2, 0.25) is 0 Å². The summed E-state index contributed by atoms with van der Waals surface area (Å²) < 4.78 is 16.2. The minimum atomic E-state index is 0.630. The molecule has 0 bridgehead atoms. The van der Waals surface area contributed by atoms with Crippen LogP contribution in [0.4, 0.5) is 0 Å². The molecule has 0 fully saturated rings. The summed E-state index contributed by atoms with van der Waals surface area (Å²) in [7, 11) is 3.43. The average Bonchev–Trinajstić information content (AvgIpc) is 2.61. The normalized spacial score (nSPS) is 11.2. The van der Waals surface area contributed by atoms with Gasteiger partial charge in [0.15, 0.2) is 17.5 Å². The van der Waals surface area contributed by atoms with E-state index in [0.717, 1.165) is 50.0 Å². The van der Waals surface area contributed by atoms with Gasteiger partial charge in [0.25, 0.3) is 0 Å². The summed E-state index contributed by atoms with van der Waals surface area (Å²) in [6, 6.07) is 6.09. The quantitative estimate of drug-likeness (QED) is 0.368. The predicted molar refractivity (Wildman–Crippen MR) is 98.3 cm³/mol. The second-order valence-corrected chi connectivity index (χ2v) is 5.14. The number of methoxy groups -OCH3 is 1. The lowest BCUT2D eigenvalue weighted by Crippen LogP contribution is -2.39. The van der Waals surface area contributed by atoms with Gasteiger partial charge in [0, 0.05) is 26.7 Å². The van der Waals surface area contributed by atoms with Crippen LogP contribution in [0.2, 0.25) is 0 Å². The maximum Gasteiger partial charge on any atom is 0.191 e. The van der Waals surface area contributed by atoms with Crippen LogP contribution in [0.15, 0.2) is 23.2 Å². The molecular formula is C18H31N3O3. The highest BCUT2D eigenvalue weighted by Crippen LogP contribution is 2.28. The van der Waals surface area contributed by atoms with E-state index in [1.54, 1.807) is 14.2 Å². The number of hydrogen-bond acceptors (Lipinski definition) is 4. The minimum absolute atomic E-state index is 0.630. The molecule has 6 heteroatoms. The molecule has 0 heterocycles. The molecule has 0 radical (unpaired) electrons. The Bertz CT molecular complexity index is 492. The molecule has 0 aromatic heterocycles. The first kappa shape index (κ1) is 20.1. The standard InChI is InChI=1S/C18H31N3O3/c1-5-23-13-12-21-18(19-3)20-11-7-8-15-9-10-16(22-4)17(14-15)24-6-2/h9-10,14H,5-8,11-13H2,1-4H3,(H2,19,20,21). The monoisotopic (exact) mass is 337 g/mol. The van der Waals surface area contributed by atoms with Crippen molar-refractivity contribution in [3.05, 3.63) is 23.8 Å². The number of guanidine groups is 1. The fourth-order valence-electron chi connectivity index (χ4n) is 2.25. The maximum absolute atomic E-state index is 5.61. The van der Waals surface area contributed by atoms with Crippen LogP contribution in [0.5, 0.6) is 11.5 Å². The Morgan fingerprint density at radius 3 is 2.54 bits per heavy atom. The van der Waals surface area contributed by atoms with E-state index in [-0.39, 0.29) is 0 Å². The van der Waals surface area contributed by atoms with Crippen LogP contribution < -0.4 is 20.1 Å². The van der Waals surface area contributed by atoms with E-state index < -0.39 is 0 Å². The minimum Gasteiger partial charge on any atom is -0.493 e. The molecule has 2 N–H and O–H groups in total. The van der Waals surface area contributed by atoms with E-state index in [4.69, 9.17) is 14.2 Å². The average molecular weight is 337 g/mol. The zero-order valence-electron chi connectivity index (χ0n) is 15.4. The van der Waals surface area contributed by atoms with Crippen LogP contribution in [0, 0.1) is 0 Å². The molecule has 1 rings (SSSR count). The number of ether oxygens (including phenoxy) is 3. The van der Waals surface area contributed by atoms with Crippen LogP contribution in [-0.4, -0.2) is 53.0 Å². The number of nitrogens with one attached hydrogen (secondary N) is 2. The third-order valence-electron chi connectivity index (χ3n) is 3.43. The molecule has 0 atom stereocenters. The third-order valence-corrected chi connectivity index (χ3v) is 3.43. The summed E-state index contributed by atoms with van der Waals surface area (Å²) in [6.45, 7) is 7.62. The van der Waals surface area contributed by atoms with Gasteiger partial charge < -0.3 is 24.8 Å². The largest absolute Gasteiger partial charge is 0.493 e. The second-order valence-electron chi connectivity index (χ2n) is 5.14. The lowest BCUT2D eigenvalue weighted by atomic mass is 10.1. The summed E-state index contributed by atoms with van der Waals surface area (Å²) in [4.78, 5) is 4.19. The fraction of sp³-hybridized carbons (Fsp3) is 0.611. The highest BCUT2D eigenvalue weighted by Gasteiger charge is 2.05. The van der Waals surface area contributed by atoms with Crippen molar-refractivity contribution in [2.75, 3.05) is 47.1 Å². The molecule has 136 valence electrons. The topological polar surface area (TPSA) is 64.1 Å². The summed E-state index contributed by atoms with van der Waals surface area (Å²) in [5.74, 6) is 2.39. The van der Waals surface area contributed by atoms with E-state index in [1.807, 2.05) is 19.9 Å². The van der Waals surface area contributed by atoms with Gasteiger partial charge in [-0.2, -0.15) is 0 Å². The molecule has 6 nitrogen and oxygen atoms in total. The Balaban J connectivity index is 2.34. The Morgan fingerprint density at radius 2 is 1.88 bits per heavy atom. The molecule has 24 heavy (non-hydrogen) atoms. The van der Waals surface area contributed by atoms with Crippen LogP contribution in [-0.2, 0) is 11.2 Å². The van der Waals surface area contributed by atoms with Crippen LogP contribution in [0.3, 0.4) is 0 Å². The van der Waals surface area contributed by atoms with Crippen molar-refractivity contribution in [3.8, 4) is 11.5 Å². The lowest BCUT2D eigenvalue weighted by Gasteiger charge is -2.13. The van der Waals surface area contributed by atoms with E-state index in [9.17, 15) is 0 Å². The van der Waals surface area contributed by atoms with Gasteiger partial charge in [-0.05, 0) is 44.4 Å². The molecule has 0 unspecified atom stereocenters. The van der Waals surface area contributed by atoms with E-state index in [1.165, 1.54) is 5.56 Å². The van der Waals surface area contributed by atoms with Crippen molar-refractivity contribution >= 4 is 5.96 Å². The first-order valence-electron chi connectivity index (χ1n) is 8.57. The Hall–Kier alpha value is -1.95. The molecule has 0 aliphatic carbocycles. The molecule has 0 saturated heterocycles. The molecule has 0 spiro atoms. The van der Waals surface area contributed by atoms with Crippen molar-refractivity contribution in [2.45, 2.75) is 26.7 Å². The molecule has 1 aromatic rings. The van der Waals surface area contributed by atoms with Crippen LogP contribution >= 0.6 is 0 Å². The fourth-order valence-corrected chi connectivity index (χ4v) is 2.25. The number of nitrogens with zero attached hydrogens (tertiary/aromatic N) is 1. The van der Waals surface area contributed by atoms with Crippen LogP contribution in [0.25, 0.3) is 0 Å². The van der Waals surface area contributed by atoms with Gasteiger partial charge in [0.05, 0.1) is 20.3 Å². The number of rotatable bonds is 11. The van der Waals surface area contributed by atoms with Gasteiger partial charge in [-0.3, -0.25) is 4.99 Å². The van der Waals surface area contributed by atoms with Gasteiger partial charge in [0.1, 0.15) is 0 Å². The van der Waals surface area contributed by atoms with Gasteiger partial charge >= 0.3 is 0 Å². The summed E-state index contributed by atoms with van der Waals surface area (Å²) in [6.07, 6.45) is 1.97. The van der Waals surface area contributed by atoms with Gasteiger partial charge in [-0.15, -0.1) is 0 Å². The molecule has 1 aromatic carbocycles. The lowest BCUT2D eigenvalue weighted by molar-refractivity contribution is 0.152. The second kappa shape index (κ2) is 12.5. The SMILES string of the molecule is CCOCCNC(=NC)NCCCc1ccc(OC)c(OCC)c1. The van der Waals surface area contributed by atoms with E-state index in [2.05, 4.69) is 27.8 Å². The number of benzene rings is 1. The Morgan fingerprint density at radius 1 is 1.08 bits per heavy atom. The zero-order valence-corrected chi connectivity index (χ0v) is 15.4.